The molecule has 0 amide bonds. The highest BCUT2D eigenvalue weighted by atomic mass is 15.3. The summed E-state index contributed by atoms with van der Waals surface area (Å²) in [4.78, 5) is 2.60. The Morgan fingerprint density at radius 1 is 1.35 bits per heavy atom. The molecule has 1 aromatic heterocycles. The first-order chi connectivity index (χ1) is 9.67. The van der Waals surface area contributed by atoms with E-state index in [4.69, 9.17) is 0 Å². The van der Waals surface area contributed by atoms with Crippen LogP contribution in [-0.4, -0.2) is 40.4 Å². The monoisotopic (exact) mass is 278 g/mol. The van der Waals surface area contributed by atoms with Crippen molar-refractivity contribution in [1.29, 1.82) is 0 Å². The Balaban J connectivity index is 1.95. The molecule has 2 rings (SSSR count). The standard InChI is InChI=1S/C16H30N4/c1-5-13-11-20(9-8-16(13)17-7-3)12-15-10-14(6-2)18-19(15)4/h10,13,16-17H,5-9,11-12H2,1-4H3. The van der Waals surface area contributed by atoms with Crippen LogP contribution in [-0.2, 0) is 20.0 Å². The normalized spacial score (nSPS) is 24.2. The molecule has 4 nitrogen and oxygen atoms in total. The molecule has 0 radical (unpaired) electrons. The Hall–Kier alpha value is -0.870. The summed E-state index contributed by atoms with van der Waals surface area (Å²) in [6, 6.07) is 2.97. The minimum atomic E-state index is 0.707. The van der Waals surface area contributed by atoms with E-state index >= 15 is 0 Å². The summed E-state index contributed by atoms with van der Waals surface area (Å²) in [6.45, 7) is 11.2. The third kappa shape index (κ3) is 3.61. The smallest absolute Gasteiger partial charge is 0.0625 e. The van der Waals surface area contributed by atoms with E-state index in [1.165, 1.54) is 37.3 Å². The van der Waals surface area contributed by atoms with Crippen LogP contribution in [0.4, 0.5) is 0 Å². The molecule has 0 bridgehead atoms. The summed E-state index contributed by atoms with van der Waals surface area (Å²) in [5, 5.41) is 8.21. The van der Waals surface area contributed by atoms with Crippen LogP contribution in [0.3, 0.4) is 0 Å². The second-order valence-corrected chi connectivity index (χ2v) is 5.96. The number of aromatic nitrogens is 2. The van der Waals surface area contributed by atoms with Crippen LogP contribution in [0, 0.1) is 5.92 Å². The molecule has 114 valence electrons. The van der Waals surface area contributed by atoms with Crippen molar-refractivity contribution >= 4 is 0 Å². The molecule has 1 fully saturated rings. The average Bonchev–Trinajstić information content (AvgIpc) is 2.81. The Kier molecular flexibility index (Phi) is 5.61. The zero-order valence-corrected chi connectivity index (χ0v) is 13.5. The predicted octanol–water partition coefficient (Wildman–Crippen LogP) is 2.19. The fourth-order valence-electron chi connectivity index (χ4n) is 3.32. The molecule has 4 heteroatoms. The van der Waals surface area contributed by atoms with Crippen LogP contribution in [0.5, 0.6) is 0 Å². The number of rotatable bonds is 6. The quantitative estimate of drug-likeness (QED) is 0.866. The van der Waals surface area contributed by atoms with Gasteiger partial charge in [0.1, 0.15) is 0 Å². The average molecular weight is 278 g/mol. The second kappa shape index (κ2) is 7.23. The van der Waals surface area contributed by atoms with Gasteiger partial charge < -0.3 is 5.32 Å². The summed E-state index contributed by atoms with van der Waals surface area (Å²) in [6.07, 6.45) is 3.55. The van der Waals surface area contributed by atoms with E-state index in [1.54, 1.807) is 0 Å². The summed E-state index contributed by atoms with van der Waals surface area (Å²) in [5.74, 6) is 0.780. The van der Waals surface area contributed by atoms with Crippen molar-refractivity contribution in [2.24, 2.45) is 13.0 Å². The molecule has 1 aromatic rings. The van der Waals surface area contributed by atoms with Crippen molar-refractivity contribution in [1.82, 2.24) is 20.0 Å². The second-order valence-electron chi connectivity index (χ2n) is 5.96. The zero-order chi connectivity index (χ0) is 14.5. The van der Waals surface area contributed by atoms with Crippen LogP contribution < -0.4 is 5.32 Å². The van der Waals surface area contributed by atoms with Gasteiger partial charge in [0.05, 0.1) is 11.4 Å². The highest BCUT2D eigenvalue weighted by molar-refractivity contribution is 5.10. The summed E-state index contributed by atoms with van der Waals surface area (Å²) < 4.78 is 2.05. The first-order valence-corrected chi connectivity index (χ1v) is 8.15. The predicted molar refractivity (Wildman–Crippen MR) is 83.7 cm³/mol. The van der Waals surface area contributed by atoms with Gasteiger partial charge in [-0.25, -0.2) is 0 Å². The van der Waals surface area contributed by atoms with Crippen molar-refractivity contribution in [2.75, 3.05) is 19.6 Å². The van der Waals surface area contributed by atoms with Crippen molar-refractivity contribution in [3.05, 3.63) is 17.5 Å². The van der Waals surface area contributed by atoms with Gasteiger partial charge >= 0.3 is 0 Å². The maximum atomic E-state index is 4.56. The van der Waals surface area contributed by atoms with Crippen LogP contribution in [0.1, 0.15) is 45.0 Å². The SMILES string of the molecule is CCNC1CCN(Cc2cc(CC)nn2C)CC1CC. The summed E-state index contributed by atoms with van der Waals surface area (Å²) >= 11 is 0. The lowest BCUT2D eigenvalue weighted by atomic mass is 9.90. The molecule has 0 saturated carbocycles. The number of hydrogen-bond acceptors (Lipinski definition) is 3. The number of piperidine rings is 1. The molecule has 2 heterocycles. The first-order valence-electron chi connectivity index (χ1n) is 8.15. The fraction of sp³-hybridized carbons (Fsp3) is 0.812. The molecule has 0 aliphatic carbocycles. The third-order valence-electron chi connectivity index (χ3n) is 4.58. The van der Waals surface area contributed by atoms with Crippen molar-refractivity contribution in [3.8, 4) is 0 Å². The molecule has 2 unspecified atom stereocenters. The van der Waals surface area contributed by atoms with Gasteiger partial charge in [0.2, 0.25) is 0 Å². The molecule has 1 aliphatic heterocycles. The van der Waals surface area contributed by atoms with Gasteiger partial charge in [-0.1, -0.05) is 27.2 Å². The van der Waals surface area contributed by atoms with Crippen molar-refractivity contribution in [3.63, 3.8) is 0 Å². The highest BCUT2D eigenvalue weighted by Crippen LogP contribution is 2.22. The Morgan fingerprint density at radius 3 is 2.75 bits per heavy atom. The maximum Gasteiger partial charge on any atom is 0.0625 e. The number of hydrogen-bond donors (Lipinski definition) is 1. The molecule has 1 aliphatic rings. The van der Waals surface area contributed by atoms with Gasteiger partial charge in [0, 0.05) is 32.7 Å². The minimum Gasteiger partial charge on any atom is -0.314 e. The Bertz CT molecular complexity index is 413. The lowest BCUT2D eigenvalue weighted by Gasteiger charge is -2.38. The van der Waals surface area contributed by atoms with Crippen molar-refractivity contribution in [2.45, 2.75) is 52.6 Å². The van der Waals surface area contributed by atoms with E-state index in [0.717, 1.165) is 25.4 Å². The summed E-state index contributed by atoms with van der Waals surface area (Å²) in [5.41, 5.74) is 2.55. The van der Waals surface area contributed by atoms with E-state index in [9.17, 15) is 0 Å². The van der Waals surface area contributed by atoms with E-state index in [2.05, 4.69) is 53.9 Å². The molecule has 20 heavy (non-hydrogen) atoms. The molecule has 0 spiro atoms. The van der Waals surface area contributed by atoms with Gasteiger partial charge in [-0.05, 0) is 31.4 Å². The van der Waals surface area contributed by atoms with E-state index in [-0.39, 0.29) is 0 Å². The minimum absolute atomic E-state index is 0.707. The number of nitrogens with zero attached hydrogens (tertiary/aromatic N) is 3. The van der Waals surface area contributed by atoms with Gasteiger partial charge in [0.25, 0.3) is 0 Å². The highest BCUT2D eigenvalue weighted by Gasteiger charge is 2.27. The first kappa shape index (κ1) is 15.5. The number of likely N-dealkylation sites (tertiary alicyclic amines) is 1. The molecular formula is C16H30N4. The van der Waals surface area contributed by atoms with Gasteiger partial charge in [-0.15, -0.1) is 0 Å². The number of aryl methyl sites for hydroxylation is 2. The Morgan fingerprint density at radius 2 is 2.15 bits per heavy atom. The van der Waals surface area contributed by atoms with E-state index in [1.807, 2.05) is 0 Å². The lowest BCUT2D eigenvalue weighted by Crippen LogP contribution is -2.48. The van der Waals surface area contributed by atoms with Gasteiger partial charge in [-0.3, -0.25) is 9.58 Å². The molecule has 0 aromatic carbocycles. The summed E-state index contributed by atoms with van der Waals surface area (Å²) in [7, 11) is 2.07. The van der Waals surface area contributed by atoms with Gasteiger partial charge in [-0.2, -0.15) is 5.10 Å². The van der Waals surface area contributed by atoms with Crippen LogP contribution >= 0.6 is 0 Å². The lowest BCUT2D eigenvalue weighted by molar-refractivity contribution is 0.127. The molecule has 2 atom stereocenters. The van der Waals surface area contributed by atoms with Crippen LogP contribution in [0.25, 0.3) is 0 Å². The largest absolute Gasteiger partial charge is 0.314 e. The maximum absolute atomic E-state index is 4.56. The fourth-order valence-corrected chi connectivity index (χ4v) is 3.32. The Labute approximate surface area is 123 Å². The van der Waals surface area contributed by atoms with Crippen LogP contribution in [0.2, 0.25) is 0 Å². The van der Waals surface area contributed by atoms with Crippen molar-refractivity contribution < 1.29 is 0 Å². The molecular weight excluding hydrogens is 248 g/mol. The topological polar surface area (TPSA) is 33.1 Å². The molecule has 1 N–H and O–H groups in total. The zero-order valence-electron chi connectivity index (χ0n) is 13.5. The van der Waals surface area contributed by atoms with Crippen LogP contribution in [0.15, 0.2) is 6.07 Å². The number of nitrogens with one attached hydrogen (secondary N) is 1. The van der Waals surface area contributed by atoms with E-state index < -0.39 is 0 Å². The van der Waals surface area contributed by atoms with Gasteiger partial charge in [0.15, 0.2) is 0 Å². The van der Waals surface area contributed by atoms with E-state index in [0.29, 0.717) is 6.04 Å². The third-order valence-corrected chi connectivity index (χ3v) is 4.58. The molecule has 1 saturated heterocycles.